The van der Waals surface area contributed by atoms with Gasteiger partial charge in [-0.1, -0.05) is 40.2 Å². The summed E-state index contributed by atoms with van der Waals surface area (Å²) in [6, 6.07) is 0. The maximum absolute atomic E-state index is 13.3. The van der Waals surface area contributed by atoms with Gasteiger partial charge in [0.1, 0.15) is 0 Å². The second kappa shape index (κ2) is 7.44. The summed E-state index contributed by atoms with van der Waals surface area (Å²) in [6.07, 6.45) is 10.9. The summed E-state index contributed by atoms with van der Waals surface area (Å²) in [5.41, 5.74) is 3.00. The number of hydrogen-bond donors (Lipinski definition) is 0. The van der Waals surface area contributed by atoms with Crippen molar-refractivity contribution in [2.24, 2.45) is 51.2 Å². The van der Waals surface area contributed by atoms with Gasteiger partial charge in [0.15, 0.2) is 5.78 Å². The van der Waals surface area contributed by atoms with Crippen LogP contribution in [0.5, 0.6) is 0 Å². The van der Waals surface area contributed by atoms with E-state index in [4.69, 9.17) is 4.74 Å². The Balaban J connectivity index is 1.59. The van der Waals surface area contributed by atoms with Crippen molar-refractivity contribution in [3.05, 3.63) is 11.1 Å². The molecule has 0 heterocycles. The van der Waals surface area contributed by atoms with Gasteiger partial charge in [0.2, 0.25) is 0 Å². The first-order valence-corrected chi connectivity index (χ1v) is 13.8. The molecule has 0 radical (unpaired) electrons. The second-order valence-electron chi connectivity index (χ2n) is 13.6. The summed E-state index contributed by atoms with van der Waals surface area (Å²) in [4.78, 5) is 25.9. The van der Waals surface area contributed by atoms with Crippen molar-refractivity contribution in [2.75, 3.05) is 7.11 Å². The number of ketones is 1. The normalized spacial score (nSPS) is 49.3. The van der Waals surface area contributed by atoms with Crippen LogP contribution in [0.15, 0.2) is 11.1 Å². The monoisotopic (exact) mass is 454 g/mol. The molecule has 0 aromatic heterocycles. The van der Waals surface area contributed by atoms with Crippen molar-refractivity contribution in [3.63, 3.8) is 0 Å². The van der Waals surface area contributed by atoms with E-state index in [-0.39, 0.29) is 27.6 Å². The molecule has 0 aromatic rings. The Hall–Kier alpha value is -1.12. The molecule has 0 aromatic carbocycles. The smallest absolute Gasteiger partial charge is 0.312 e. The first-order chi connectivity index (χ1) is 15.5. The van der Waals surface area contributed by atoms with Crippen LogP contribution in [0.1, 0.15) is 106 Å². The second-order valence-corrected chi connectivity index (χ2v) is 13.6. The number of fused-ring (bicyclic) bond motifs is 7. The van der Waals surface area contributed by atoms with Crippen LogP contribution in [-0.2, 0) is 14.3 Å². The number of Topliss-reactive ketones (excluding diaryl/α,β-unsaturated/α-hetero) is 1. The largest absolute Gasteiger partial charge is 0.469 e. The molecule has 0 N–H and O–H groups in total. The van der Waals surface area contributed by atoms with E-state index in [1.54, 1.807) is 7.11 Å². The van der Waals surface area contributed by atoms with Crippen molar-refractivity contribution in [1.29, 1.82) is 0 Å². The average Bonchev–Trinajstić information content (AvgIpc) is 3.18. The minimum absolute atomic E-state index is 0.0761. The number of carbonyl (C=O) groups is 2. The maximum Gasteiger partial charge on any atom is 0.312 e. The van der Waals surface area contributed by atoms with Gasteiger partial charge in [-0.3, -0.25) is 9.59 Å². The quantitative estimate of drug-likeness (QED) is 0.416. The fourth-order valence-electron chi connectivity index (χ4n) is 10.8. The number of allylic oxidation sites excluding steroid dienone is 2. The molecule has 3 nitrogen and oxygen atoms in total. The molecule has 0 amide bonds. The Morgan fingerprint density at radius 2 is 1.67 bits per heavy atom. The average molecular weight is 455 g/mol. The number of methoxy groups -OCH3 is 1. The molecule has 4 fully saturated rings. The van der Waals surface area contributed by atoms with E-state index in [2.05, 4.69) is 41.5 Å². The van der Waals surface area contributed by atoms with Gasteiger partial charge in [-0.05, 0) is 116 Å². The molecule has 0 unspecified atom stereocenters. The molecule has 33 heavy (non-hydrogen) atoms. The third-order valence-electron chi connectivity index (χ3n) is 12.7. The molecule has 0 bridgehead atoms. The van der Waals surface area contributed by atoms with Gasteiger partial charge in [0.05, 0.1) is 12.5 Å². The lowest BCUT2D eigenvalue weighted by atomic mass is 9.34. The van der Waals surface area contributed by atoms with Crippen molar-refractivity contribution in [3.8, 4) is 0 Å². The van der Waals surface area contributed by atoms with Crippen LogP contribution < -0.4 is 0 Å². The predicted octanol–water partition coefficient (Wildman–Crippen LogP) is 7.14. The van der Waals surface area contributed by atoms with Crippen molar-refractivity contribution < 1.29 is 14.3 Å². The van der Waals surface area contributed by atoms with Crippen LogP contribution in [-0.4, -0.2) is 18.9 Å². The minimum atomic E-state index is -0.255. The summed E-state index contributed by atoms with van der Waals surface area (Å²) in [6.45, 7) is 14.6. The van der Waals surface area contributed by atoms with Gasteiger partial charge in [-0.25, -0.2) is 0 Å². The SMILES string of the molecule is COC(=O)[C@]12CC[C@@H](C(C)C)[C@@H]1[C@H]1CC[C@@H]3[C@@]4(C)CCC(=O)C(C)=C4CC[C@@]3(C)[C@]1(C)CC2. The Morgan fingerprint density at radius 3 is 2.33 bits per heavy atom. The molecular weight excluding hydrogens is 408 g/mol. The van der Waals surface area contributed by atoms with E-state index in [1.165, 1.54) is 31.3 Å². The van der Waals surface area contributed by atoms with E-state index < -0.39 is 0 Å². The lowest BCUT2D eigenvalue weighted by molar-refractivity contribution is -0.208. The van der Waals surface area contributed by atoms with Gasteiger partial charge in [0.25, 0.3) is 0 Å². The standard InChI is InChI=1S/C30H46O3/c1-18(2)20-10-15-30(26(32)33-7)17-16-28(5)22(25(20)30)8-9-24-27(4)13-12-23(31)19(3)21(27)11-14-29(24,28)6/h18,20,22,24-25H,8-17H2,1-7H3/t20-,22+,24+,25+,27-,28+,29+,30-/m0/s1. The highest BCUT2D eigenvalue weighted by Gasteiger charge is 2.70. The third-order valence-corrected chi connectivity index (χ3v) is 12.7. The zero-order chi connectivity index (χ0) is 24.0. The third kappa shape index (κ3) is 2.80. The fourth-order valence-corrected chi connectivity index (χ4v) is 10.8. The number of rotatable bonds is 2. The van der Waals surface area contributed by atoms with Gasteiger partial charge in [-0.15, -0.1) is 0 Å². The number of esters is 1. The molecule has 0 saturated heterocycles. The molecule has 184 valence electrons. The molecule has 5 aliphatic rings. The van der Waals surface area contributed by atoms with Gasteiger partial charge in [0, 0.05) is 6.42 Å². The Kier molecular flexibility index (Phi) is 5.32. The Morgan fingerprint density at radius 1 is 0.939 bits per heavy atom. The summed E-state index contributed by atoms with van der Waals surface area (Å²) >= 11 is 0. The van der Waals surface area contributed by atoms with E-state index >= 15 is 0 Å². The van der Waals surface area contributed by atoms with E-state index in [1.807, 2.05) is 0 Å². The van der Waals surface area contributed by atoms with Crippen LogP contribution in [0, 0.1) is 51.2 Å². The fraction of sp³-hybridized carbons (Fsp3) is 0.867. The van der Waals surface area contributed by atoms with E-state index in [0.29, 0.717) is 35.4 Å². The zero-order valence-corrected chi connectivity index (χ0v) is 22.2. The summed E-state index contributed by atoms with van der Waals surface area (Å²) in [5.74, 6) is 3.40. The summed E-state index contributed by atoms with van der Waals surface area (Å²) < 4.78 is 5.50. The highest BCUT2D eigenvalue weighted by molar-refractivity contribution is 5.96. The number of carbonyl (C=O) groups excluding carboxylic acids is 2. The molecule has 8 atom stereocenters. The van der Waals surface area contributed by atoms with Crippen LogP contribution in [0.25, 0.3) is 0 Å². The first kappa shape index (κ1) is 23.6. The summed E-state index contributed by atoms with van der Waals surface area (Å²) in [5, 5.41) is 0. The van der Waals surface area contributed by atoms with Crippen molar-refractivity contribution in [2.45, 2.75) is 106 Å². The van der Waals surface area contributed by atoms with Gasteiger partial charge >= 0.3 is 5.97 Å². The van der Waals surface area contributed by atoms with Crippen LogP contribution in [0.4, 0.5) is 0 Å². The molecule has 0 spiro atoms. The van der Waals surface area contributed by atoms with Crippen molar-refractivity contribution >= 4 is 11.8 Å². The molecule has 4 saturated carbocycles. The topological polar surface area (TPSA) is 43.4 Å². The highest BCUT2D eigenvalue weighted by Crippen LogP contribution is 2.76. The highest BCUT2D eigenvalue weighted by atomic mass is 16.5. The maximum atomic E-state index is 13.3. The molecule has 0 aliphatic heterocycles. The number of ether oxygens (including phenoxy) is 1. The Bertz CT molecular complexity index is 900. The molecule has 5 rings (SSSR count). The predicted molar refractivity (Wildman–Crippen MR) is 131 cm³/mol. The van der Waals surface area contributed by atoms with Gasteiger partial charge in [-0.2, -0.15) is 0 Å². The molecule has 3 heteroatoms. The Labute approximate surface area is 201 Å². The van der Waals surface area contributed by atoms with Crippen molar-refractivity contribution in [1.82, 2.24) is 0 Å². The molecule has 5 aliphatic carbocycles. The lowest BCUT2D eigenvalue weighted by Crippen LogP contribution is -2.64. The molecular formula is C30H46O3. The number of hydrogen-bond acceptors (Lipinski definition) is 3. The van der Waals surface area contributed by atoms with Gasteiger partial charge < -0.3 is 4.74 Å². The lowest BCUT2D eigenvalue weighted by Gasteiger charge is -2.70. The van der Waals surface area contributed by atoms with E-state index in [9.17, 15) is 9.59 Å². The first-order valence-electron chi connectivity index (χ1n) is 13.8. The summed E-state index contributed by atoms with van der Waals surface area (Å²) in [7, 11) is 1.60. The zero-order valence-electron chi connectivity index (χ0n) is 22.2. The van der Waals surface area contributed by atoms with E-state index in [0.717, 1.165) is 44.1 Å². The van der Waals surface area contributed by atoms with Crippen LogP contribution >= 0.6 is 0 Å². The minimum Gasteiger partial charge on any atom is -0.469 e. The van der Waals surface area contributed by atoms with Crippen LogP contribution in [0.2, 0.25) is 0 Å². The van der Waals surface area contributed by atoms with Crippen LogP contribution in [0.3, 0.4) is 0 Å².